The molecule has 0 bridgehead atoms. The van der Waals surface area contributed by atoms with E-state index >= 15 is 0 Å². The Morgan fingerprint density at radius 1 is 1.50 bits per heavy atom. The molecule has 1 amide bonds. The maximum atomic E-state index is 11.7. The molecule has 0 spiro atoms. The number of rotatable bonds is 3. The average Bonchev–Trinajstić information content (AvgIpc) is 2.21. The summed E-state index contributed by atoms with van der Waals surface area (Å²) in [5.41, 5.74) is 5.75. The van der Waals surface area contributed by atoms with Gasteiger partial charge in [0.15, 0.2) is 9.84 Å². The Morgan fingerprint density at radius 2 is 2.12 bits per heavy atom. The summed E-state index contributed by atoms with van der Waals surface area (Å²) in [5, 5.41) is 2.39. The molecule has 0 atom stereocenters. The first kappa shape index (κ1) is 12.8. The predicted octanol–water partition coefficient (Wildman–Crippen LogP) is 0.442. The smallest absolute Gasteiger partial charge is 0.235 e. The van der Waals surface area contributed by atoms with Crippen LogP contribution in [0, 0.1) is 0 Å². The van der Waals surface area contributed by atoms with Crippen LogP contribution in [0.1, 0.15) is 0 Å². The van der Waals surface area contributed by atoms with Gasteiger partial charge in [-0.2, -0.15) is 0 Å². The fraction of sp³-hybridized carbons (Fsp3) is 0.222. The van der Waals surface area contributed by atoms with Gasteiger partial charge < -0.3 is 11.1 Å². The van der Waals surface area contributed by atoms with E-state index in [0.717, 1.165) is 0 Å². The molecule has 0 saturated heterocycles. The van der Waals surface area contributed by atoms with Gasteiger partial charge in [0.05, 0.1) is 15.6 Å². The molecule has 0 aliphatic carbocycles. The zero-order chi connectivity index (χ0) is 12.3. The molecule has 0 aliphatic rings. The van der Waals surface area contributed by atoms with Crippen LogP contribution in [-0.4, -0.2) is 27.1 Å². The first-order chi connectivity index (χ1) is 7.36. The van der Waals surface area contributed by atoms with Crippen molar-refractivity contribution in [3.63, 3.8) is 0 Å². The average molecular weight is 263 g/mol. The van der Waals surface area contributed by atoms with E-state index in [4.69, 9.17) is 17.3 Å². The van der Waals surface area contributed by atoms with Crippen molar-refractivity contribution >= 4 is 33.0 Å². The summed E-state index contributed by atoms with van der Waals surface area (Å²) >= 11 is 5.70. The number of nitrogens with one attached hydrogen (secondary N) is 1. The highest BCUT2D eigenvalue weighted by molar-refractivity contribution is 7.92. The second-order valence-electron chi connectivity index (χ2n) is 3.12. The molecule has 0 unspecified atom stereocenters. The molecule has 0 fully saturated rings. The van der Waals surface area contributed by atoms with E-state index in [1.165, 1.54) is 25.2 Å². The normalized spacial score (nSPS) is 11.1. The van der Waals surface area contributed by atoms with Crippen molar-refractivity contribution < 1.29 is 13.2 Å². The third-order valence-corrected chi connectivity index (χ3v) is 3.87. The zero-order valence-electron chi connectivity index (χ0n) is 8.53. The summed E-state index contributed by atoms with van der Waals surface area (Å²) in [4.78, 5) is 11.0. The number of carbonyl (C=O) groups excluding carboxylic acids is 1. The first-order valence-electron chi connectivity index (χ1n) is 4.35. The minimum absolute atomic E-state index is 0.0182. The number of amides is 1. The molecule has 7 heteroatoms. The van der Waals surface area contributed by atoms with E-state index in [1.807, 2.05) is 0 Å². The number of hydrogen-bond acceptors (Lipinski definition) is 4. The van der Waals surface area contributed by atoms with Gasteiger partial charge in [0, 0.05) is 7.05 Å². The molecule has 1 aromatic carbocycles. The Morgan fingerprint density at radius 3 is 2.62 bits per heavy atom. The lowest BCUT2D eigenvalue weighted by Gasteiger charge is -2.05. The van der Waals surface area contributed by atoms with E-state index in [0.29, 0.717) is 5.69 Å². The maximum absolute atomic E-state index is 11.7. The fourth-order valence-electron chi connectivity index (χ4n) is 1.03. The van der Waals surface area contributed by atoms with Crippen molar-refractivity contribution in [2.24, 2.45) is 0 Å². The van der Waals surface area contributed by atoms with Crippen LogP contribution in [0.5, 0.6) is 0 Å². The number of sulfone groups is 1. The van der Waals surface area contributed by atoms with Gasteiger partial charge in [-0.05, 0) is 18.2 Å². The van der Waals surface area contributed by atoms with E-state index in [2.05, 4.69) is 5.32 Å². The van der Waals surface area contributed by atoms with E-state index in [-0.39, 0.29) is 9.92 Å². The molecule has 0 aromatic heterocycles. The lowest BCUT2D eigenvalue weighted by Crippen LogP contribution is -2.27. The molecule has 5 nitrogen and oxygen atoms in total. The number of carbonyl (C=O) groups is 1. The zero-order valence-corrected chi connectivity index (χ0v) is 10.1. The molecular weight excluding hydrogens is 252 g/mol. The van der Waals surface area contributed by atoms with Gasteiger partial charge in [-0.1, -0.05) is 11.6 Å². The molecule has 0 aliphatic heterocycles. The van der Waals surface area contributed by atoms with Crippen LogP contribution in [0.15, 0.2) is 23.1 Å². The summed E-state index contributed by atoms with van der Waals surface area (Å²) in [5.74, 6) is -1.18. The van der Waals surface area contributed by atoms with Crippen LogP contribution >= 0.6 is 11.6 Å². The Balaban J connectivity index is 3.08. The molecule has 0 heterocycles. The van der Waals surface area contributed by atoms with E-state index < -0.39 is 21.5 Å². The highest BCUT2D eigenvalue weighted by Crippen LogP contribution is 2.23. The van der Waals surface area contributed by atoms with Crippen LogP contribution in [0.2, 0.25) is 5.02 Å². The summed E-state index contributed by atoms with van der Waals surface area (Å²) in [6.07, 6.45) is 0. The van der Waals surface area contributed by atoms with Crippen molar-refractivity contribution in [3.05, 3.63) is 23.2 Å². The number of benzene rings is 1. The standard InChI is InChI=1S/C9H11ClN2O3S/c1-12-9(13)5-16(14,15)6-2-3-8(11)7(10)4-6/h2-4H,5,11H2,1H3,(H,12,13). The molecule has 1 aromatic rings. The highest BCUT2D eigenvalue weighted by Gasteiger charge is 2.19. The predicted molar refractivity (Wildman–Crippen MR) is 62.0 cm³/mol. The van der Waals surface area contributed by atoms with Crippen molar-refractivity contribution in [2.45, 2.75) is 4.90 Å². The van der Waals surface area contributed by atoms with Gasteiger partial charge in [0.2, 0.25) is 5.91 Å². The number of nitrogens with two attached hydrogens (primary N) is 1. The van der Waals surface area contributed by atoms with Gasteiger partial charge in [-0.15, -0.1) is 0 Å². The summed E-state index contributed by atoms with van der Waals surface area (Å²) < 4.78 is 23.4. The van der Waals surface area contributed by atoms with Crippen molar-refractivity contribution in [1.29, 1.82) is 0 Å². The third-order valence-electron chi connectivity index (χ3n) is 1.93. The number of anilines is 1. The molecule has 0 radical (unpaired) electrons. The Labute approximate surface area is 98.5 Å². The Hall–Kier alpha value is -1.27. The lowest BCUT2D eigenvalue weighted by molar-refractivity contribution is -0.118. The van der Waals surface area contributed by atoms with Gasteiger partial charge in [0.1, 0.15) is 5.75 Å². The maximum Gasteiger partial charge on any atom is 0.235 e. The Bertz CT molecular complexity index is 513. The quantitative estimate of drug-likeness (QED) is 0.774. The monoisotopic (exact) mass is 262 g/mol. The van der Waals surface area contributed by atoms with Crippen LogP contribution in [0.4, 0.5) is 5.69 Å². The van der Waals surface area contributed by atoms with Crippen molar-refractivity contribution in [2.75, 3.05) is 18.5 Å². The van der Waals surface area contributed by atoms with Gasteiger partial charge in [0.25, 0.3) is 0 Å². The molecular formula is C9H11ClN2O3S. The number of hydrogen-bond donors (Lipinski definition) is 2. The van der Waals surface area contributed by atoms with Crippen LogP contribution in [0.25, 0.3) is 0 Å². The van der Waals surface area contributed by atoms with E-state index in [1.54, 1.807) is 0 Å². The molecule has 0 saturated carbocycles. The third kappa shape index (κ3) is 2.86. The molecule has 1 rings (SSSR count). The summed E-state index contributed by atoms with van der Waals surface area (Å²) in [7, 11) is -2.29. The van der Waals surface area contributed by atoms with E-state index in [9.17, 15) is 13.2 Å². The summed E-state index contributed by atoms with van der Waals surface area (Å²) in [6.45, 7) is 0. The lowest BCUT2D eigenvalue weighted by atomic mass is 10.3. The molecule has 3 N–H and O–H groups in total. The van der Waals surface area contributed by atoms with Crippen LogP contribution in [0.3, 0.4) is 0 Å². The fourth-order valence-corrected chi connectivity index (χ4v) is 2.50. The second-order valence-corrected chi connectivity index (χ2v) is 5.51. The van der Waals surface area contributed by atoms with Crippen LogP contribution in [-0.2, 0) is 14.6 Å². The second kappa shape index (κ2) is 4.71. The summed E-state index contributed by atoms with van der Waals surface area (Å²) in [6, 6.07) is 3.94. The van der Waals surface area contributed by atoms with Crippen molar-refractivity contribution in [3.8, 4) is 0 Å². The Kier molecular flexibility index (Phi) is 3.77. The number of nitrogen functional groups attached to an aromatic ring is 1. The van der Waals surface area contributed by atoms with Gasteiger partial charge >= 0.3 is 0 Å². The topological polar surface area (TPSA) is 89.3 Å². The minimum atomic E-state index is -3.66. The first-order valence-corrected chi connectivity index (χ1v) is 6.38. The van der Waals surface area contributed by atoms with Crippen LogP contribution < -0.4 is 11.1 Å². The highest BCUT2D eigenvalue weighted by atomic mass is 35.5. The van der Waals surface area contributed by atoms with Gasteiger partial charge in [-0.25, -0.2) is 8.42 Å². The largest absolute Gasteiger partial charge is 0.398 e. The van der Waals surface area contributed by atoms with Gasteiger partial charge in [-0.3, -0.25) is 4.79 Å². The molecule has 16 heavy (non-hydrogen) atoms. The van der Waals surface area contributed by atoms with Crippen molar-refractivity contribution in [1.82, 2.24) is 5.32 Å². The minimum Gasteiger partial charge on any atom is -0.398 e. The number of halogens is 1. The molecule has 88 valence electrons. The SMILES string of the molecule is CNC(=O)CS(=O)(=O)c1ccc(N)c(Cl)c1.